The third-order valence-corrected chi connectivity index (χ3v) is 21.5. The van der Waals surface area contributed by atoms with E-state index < -0.39 is 79.4 Å². The lowest BCUT2D eigenvalue weighted by molar-refractivity contribution is 0.460. The molecule has 113 heavy (non-hydrogen) atoms. The second-order valence-corrected chi connectivity index (χ2v) is 30.1. The van der Waals surface area contributed by atoms with Crippen molar-refractivity contribution in [2.24, 2.45) is 0 Å². The van der Waals surface area contributed by atoms with E-state index in [0.29, 0.717) is 0 Å². The Balaban J connectivity index is 0.000000131. The minimum absolute atomic E-state index is 0.611. The van der Waals surface area contributed by atoms with Gasteiger partial charge in [0.2, 0.25) is 0 Å². The van der Waals surface area contributed by atoms with Gasteiger partial charge in [-0.3, -0.25) is 4.98 Å². The molecule has 5 heterocycles. The van der Waals surface area contributed by atoms with Crippen molar-refractivity contribution in [2.45, 2.75) is 82.6 Å². The van der Waals surface area contributed by atoms with Gasteiger partial charge < -0.3 is 37.9 Å². The molecule has 16 rings (SSSR count). The summed E-state index contributed by atoms with van der Waals surface area (Å²) >= 11 is -3.15. The van der Waals surface area contributed by atoms with Gasteiger partial charge in [-0.05, 0) is 242 Å². The highest BCUT2D eigenvalue weighted by atomic mass is 27.2. The molecule has 0 spiro atoms. The summed E-state index contributed by atoms with van der Waals surface area (Å²) in [6.45, 7) is 22.7. The summed E-state index contributed by atoms with van der Waals surface area (Å²) in [5.41, 5.74) is 19.4. The summed E-state index contributed by atoms with van der Waals surface area (Å²) in [5, 5.41) is 5.58. The molecule has 0 saturated carbocycles. The number of rotatable bonds is 22. The molecule has 0 aliphatic rings. The first kappa shape index (κ1) is 81.6. The monoisotopic (exact) mass is 1560 g/mol. The van der Waals surface area contributed by atoms with Gasteiger partial charge in [0, 0.05) is 55.9 Å². The molecule has 15 nitrogen and oxygen atoms in total. The maximum atomic E-state index is 5.95. The van der Waals surface area contributed by atoms with Gasteiger partial charge in [-0.15, -0.1) is 0 Å². The van der Waals surface area contributed by atoms with Gasteiger partial charge in [0.25, 0.3) is 0 Å². The lowest BCUT2D eigenvalue weighted by Gasteiger charge is -2.12. The molecular formula is C93H83Al5N5O10. The van der Waals surface area contributed by atoms with Crippen LogP contribution < -0.4 is 37.9 Å². The minimum atomic E-state index is -0.673. The maximum Gasteiger partial charge on any atom is 0.881 e. The van der Waals surface area contributed by atoms with E-state index in [1.54, 1.807) is 6.20 Å². The molecule has 0 N–H and O–H groups in total. The molecule has 0 bridgehead atoms. The summed E-state index contributed by atoms with van der Waals surface area (Å²) in [7, 11) is 0. The van der Waals surface area contributed by atoms with Gasteiger partial charge in [-0.25, -0.2) is 19.9 Å². The van der Waals surface area contributed by atoms with Crippen LogP contribution in [0.25, 0.3) is 65.6 Å². The Hall–Kier alpha value is -10.9. The molecule has 0 aliphatic heterocycles. The Morgan fingerprint density at radius 3 is 0.956 bits per heavy atom. The van der Waals surface area contributed by atoms with Crippen LogP contribution in [0.1, 0.15) is 68.6 Å². The first-order valence-corrected chi connectivity index (χ1v) is 41.8. The second-order valence-electron chi connectivity index (χ2n) is 26.8. The number of hydrogen-bond acceptors (Lipinski definition) is 15. The van der Waals surface area contributed by atoms with Crippen LogP contribution >= 0.6 is 0 Å². The molecule has 0 fully saturated rings. The van der Waals surface area contributed by atoms with Crippen molar-refractivity contribution in [3.8, 4) is 68.6 Å². The van der Waals surface area contributed by atoms with Crippen LogP contribution in [0.5, 0.6) is 57.5 Å². The highest BCUT2D eigenvalue weighted by Gasteiger charge is 2.17. The third kappa shape index (κ3) is 23.4. The highest BCUT2D eigenvalue weighted by Crippen LogP contribution is 2.33. The van der Waals surface area contributed by atoms with Gasteiger partial charge in [0.05, 0.1) is 28.7 Å². The van der Waals surface area contributed by atoms with Gasteiger partial charge in [-0.1, -0.05) is 176 Å². The standard InChI is InChI=1S/C12H13NO.C12H10O.3C11H11NO.C10H9NO.2C7H8O.2C6H6O.5Al/c1-3-9-7-8(2)10-5-4-6-11(14)12(10)13-9;13-12-8-6-11(7-9-12)10-4-2-1-3-5-10;3*1-7-6-8(2)12-11-9(7)4-3-5-10(11)13;1-7-5-8-3-2-4-11-10(8)9(12)6-7;2*1-6-2-4-7(8)5-3-6;2*7-6-4-2-1-3-5-6;;;;;/h4-7,14H,3H2,1-2H3;1-9,13H;3*3-6,13H,1-2H3;2-6,12H,1H3;2*2-5,8H,1H3;2*1-5,7H;;;;;/q;;;;;;;;;;5*+2/p-10. The molecule has 20 heteroatoms. The summed E-state index contributed by atoms with van der Waals surface area (Å²) in [5.74, 6) is 8.05. The Kier molecular flexibility index (Phi) is 29.7. The SMILES string of the molecule is CCc1cc(C)c2cccc([O][Al][O]c3ccc(C)cc3)c2n1.Cc1cc(C)c2cccc([O][Al][O]c3ccc(-c4ccccc4)cc3)c2n1.Cc1cc(C)c2cccc([O][Al][O]c3ccccc3)c2n1.Cc1cc([O][Al][O]c2ccccc2)c2ncccc2c1.Cc1ccc([O][Al][O]c2cccc3c(C)cc(C)nc23)cc1. The van der Waals surface area contributed by atoms with Crippen LogP contribution in [0.15, 0.2) is 291 Å². The average Bonchev–Trinajstić information content (AvgIpc) is 0.782. The van der Waals surface area contributed by atoms with Crippen LogP contribution in [-0.4, -0.2) is 104 Å². The number of aryl methyl sites for hydroxylation is 11. The zero-order valence-corrected chi connectivity index (χ0v) is 70.9. The molecule has 5 radical (unpaired) electrons. The molecule has 0 aliphatic carbocycles. The second kappa shape index (κ2) is 41.1. The normalized spacial score (nSPS) is 10.5. The van der Waals surface area contributed by atoms with Gasteiger partial charge in [-0.2, -0.15) is 0 Å². The molecule has 0 amide bonds. The van der Waals surface area contributed by atoms with Crippen molar-refractivity contribution in [1.29, 1.82) is 0 Å². The molecule has 555 valence electrons. The van der Waals surface area contributed by atoms with E-state index in [1.165, 1.54) is 44.5 Å². The Morgan fingerprint density at radius 2 is 0.575 bits per heavy atom. The summed E-state index contributed by atoms with van der Waals surface area (Å²) < 4.78 is 57.9. The number of fused-ring (bicyclic) bond motifs is 5. The van der Waals surface area contributed by atoms with Gasteiger partial charge >= 0.3 is 79.4 Å². The predicted molar refractivity (Wildman–Crippen MR) is 458 cm³/mol. The number of para-hydroxylation sites is 6. The van der Waals surface area contributed by atoms with Crippen LogP contribution in [0, 0.1) is 69.2 Å². The number of hydrogen-bond donors (Lipinski definition) is 0. The van der Waals surface area contributed by atoms with Crippen molar-refractivity contribution in [3.63, 3.8) is 0 Å². The van der Waals surface area contributed by atoms with Crippen molar-refractivity contribution >= 4 is 134 Å². The smallest absolute Gasteiger partial charge is 0.616 e. The number of nitrogens with zero attached hydrogens (tertiary/aromatic N) is 5. The van der Waals surface area contributed by atoms with Crippen LogP contribution in [0.3, 0.4) is 0 Å². The van der Waals surface area contributed by atoms with Crippen LogP contribution in [0.2, 0.25) is 0 Å². The van der Waals surface area contributed by atoms with E-state index >= 15 is 0 Å². The van der Waals surface area contributed by atoms with Gasteiger partial charge in [0.1, 0.15) is 56.3 Å². The fourth-order valence-electron chi connectivity index (χ4n) is 12.3. The molecular weight excluding hydrogens is 1480 g/mol. The first-order valence-electron chi connectivity index (χ1n) is 37.1. The summed E-state index contributed by atoms with van der Waals surface area (Å²) in [6, 6.07) is 94.3. The first-order chi connectivity index (χ1) is 55.1. The molecule has 5 aromatic heterocycles. The van der Waals surface area contributed by atoms with E-state index in [4.69, 9.17) is 42.9 Å². The molecule has 0 saturated heterocycles. The molecule has 0 atom stereocenters. The summed E-state index contributed by atoms with van der Waals surface area (Å²) in [6.07, 6.45) is 2.69. The van der Waals surface area contributed by atoms with Crippen molar-refractivity contribution < 1.29 is 37.9 Å². The quantitative estimate of drug-likeness (QED) is 0.0590. The maximum absolute atomic E-state index is 5.95. The number of pyridine rings is 5. The van der Waals surface area contributed by atoms with Crippen molar-refractivity contribution in [3.05, 3.63) is 353 Å². The van der Waals surface area contributed by atoms with Crippen LogP contribution in [0.4, 0.5) is 0 Å². The minimum Gasteiger partial charge on any atom is -0.616 e. The Bertz CT molecular complexity index is 5810. The largest absolute Gasteiger partial charge is 0.881 e. The zero-order chi connectivity index (χ0) is 78.8. The molecule has 11 aromatic carbocycles. The van der Waals surface area contributed by atoms with Crippen LogP contribution in [-0.2, 0) is 6.42 Å². The van der Waals surface area contributed by atoms with Crippen molar-refractivity contribution in [1.82, 2.24) is 24.9 Å². The number of benzene rings is 11. The zero-order valence-electron chi connectivity index (χ0n) is 65.1. The lowest BCUT2D eigenvalue weighted by atomic mass is 10.1. The van der Waals surface area contributed by atoms with Gasteiger partial charge in [0.15, 0.2) is 0 Å². The van der Waals surface area contributed by atoms with E-state index in [1.807, 2.05) is 234 Å². The molecule has 0 unspecified atom stereocenters. The number of aromatic nitrogens is 5. The lowest BCUT2D eigenvalue weighted by Crippen LogP contribution is -2.11. The highest BCUT2D eigenvalue weighted by molar-refractivity contribution is 6.23. The Labute approximate surface area is 695 Å². The molecule has 16 aromatic rings. The third-order valence-electron chi connectivity index (χ3n) is 17.9. The fraction of sp³-hybridized carbons (Fsp3) is 0.129. The average molecular weight is 1570 g/mol. The Morgan fingerprint density at radius 1 is 0.248 bits per heavy atom. The van der Waals surface area contributed by atoms with E-state index in [0.717, 1.165) is 147 Å². The topological polar surface area (TPSA) is 157 Å². The van der Waals surface area contributed by atoms with E-state index in [2.05, 4.69) is 147 Å². The van der Waals surface area contributed by atoms with Crippen molar-refractivity contribution in [2.75, 3.05) is 0 Å². The van der Waals surface area contributed by atoms with E-state index in [-0.39, 0.29) is 0 Å². The summed E-state index contributed by atoms with van der Waals surface area (Å²) in [4.78, 5) is 22.9. The fourth-order valence-corrected chi connectivity index (χ4v) is 15.4. The predicted octanol–water partition coefficient (Wildman–Crippen LogP) is 21.4. The van der Waals surface area contributed by atoms with E-state index in [9.17, 15) is 0 Å².